The lowest BCUT2D eigenvalue weighted by atomic mass is 9.71. The summed E-state index contributed by atoms with van der Waals surface area (Å²) in [6.07, 6.45) is 6.76. The fourth-order valence-electron chi connectivity index (χ4n) is 2.96. The van der Waals surface area contributed by atoms with E-state index in [1.165, 1.54) is 6.08 Å². The minimum absolute atomic E-state index is 0.200. The first kappa shape index (κ1) is 15.2. The molecule has 0 amide bonds. The molecule has 0 aromatic heterocycles. The smallest absolute Gasteiger partial charge is 0.330 e. The molecule has 2 unspecified atom stereocenters. The Labute approximate surface area is 110 Å². The fourth-order valence-corrected chi connectivity index (χ4v) is 2.96. The van der Waals surface area contributed by atoms with Crippen LogP contribution in [0.3, 0.4) is 0 Å². The molecule has 3 heteroatoms. The van der Waals surface area contributed by atoms with E-state index >= 15 is 0 Å². The van der Waals surface area contributed by atoms with Gasteiger partial charge >= 0.3 is 5.97 Å². The van der Waals surface area contributed by atoms with E-state index in [1.54, 1.807) is 6.92 Å². The van der Waals surface area contributed by atoms with E-state index in [0.29, 0.717) is 6.61 Å². The monoisotopic (exact) mass is 254 g/mol. The van der Waals surface area contributed by atoms with Crippen LogP contribution in [0.15, 0.2) is 12.2 Å². The van der Waals surface area contributed by atoms with Crippen LogP contribution in [0.2, 0.25) is 0 Å². The van der Waals surface area contributed by atoms with Crippen molar-refractivity contribution >= 4 is 5.97 Å². The maximum atomic E-state index is 11.4. The summed E-state index contributed by atoms with van der Waals surface area (Å²) in [7, 11) is 0. The Morgan fingerprint density at radius 2 is 2.11 bits per heavy atom. The molecule has 2 atom stereocenters. The lowest BCUT2D eigenvalue weighted by Crippen LogP contribution is -2.32. The van der Waals surface area contributed by atoms with Crippen molar-refractivity contribution in [3.8, 4) is 0 Å². The molecule has 18 heavy (non-hydrogen) atoms. The average Bonchev–Trinajstić information content (AvgIpc) is 2.34. The van der Waals surface area contributed by atoms with Crippen molar-refractivity contribution in [2.75, 3.05) is 6.61 Å². The number of esters is 1. The van der Waals surface area contributed by atoms with Crippen LogP contribution in [-0.4, -0.2) is 23.8 Å². The van der Waals surface area contributed by atoms with Gasteiger partial charge in [-0.3, -0.25) is 0 Å². The largest absolute Gasteiger partial charge is 0.463 e. The van der Waals surface area contributed by atoms with Gasteiger partial charge in [-0.05, 0) is 31.6 Å². The van der Waals surface area contributed by atoms with Crippen molar-refractivity contribution in [1.29, 1.82) is 0 Å². The molecule has 0 saturated heterocycles. The summed E-state index contributed by atoms with van der Waals surface area (Å²) in [5.74, 6) is -0.326. The normalized spacial score (nSPS) is 32.2. The van der Waals surface area contributed by atoms with Crippen molar-refractivity contribution in [1.82, 2.24) is 0 Å². The summed E-state index contributed by atoms with van der Waals surface area (Å²) in [5, 5.41) is 10.3. The minimum atomic E-state index is -0.384. The predicted octanol–water partition coefficient (Wildman–Crippen LogP) is 3.07. The van der Waals surface area contributed by atoms with Gasteiger partial charge in [0.15, 0.2) is 0 Å². The number of aliphatic hydroxyl groups excluding tert-OH is 1. The number of carbonyl (C=O) groups excluding carboxylic acids is 1. The van der Waals surface area contributed by atoms with Crippen molar-refractivity contribution in [3.05, 3.63) is 12.2 Å². The first-order chi connectivity index (χ1) is 8.29. The highest BCUT2D eigenvalue weighted by atomic mass is 16.5. The molecule has 104 valence electrons. The van der Waals surface area contributed by atoms with Crippen molar-refractivity contribution in [2.45, 2.75) is 59.5 Å². The summed E-state index contributed by atoms with van der Waals surface area (Å²) >= 11 is 0. The highest BCUT2D eigenvalue weighted by Gasteiger charge is 2.38. The van der Waals surface area contributed by atoms with Crippen LogP contribution < -0.4 is 0 Å². The lowest BCUT2D eigenvalue weighted by Gasteiger charge is -2.35. The highest BCUT2D eigenvalue weighted by molar-refractivity contribution is 5.82. The van der Waals surface area contributed by atoms with E-state index < -0.39 is 0 Å². The first-order valence-corrected chi connectivity index (χ1v) is 6.83. The van der Waals surface area contributed by atoms with Crippen molar-refractivity contribution < 1.29 is 14.6 Å². The Balaban J connectivity index is 2.82. The first-order valence-electron chi connectivity index (χ1n) is 6.83. The fraction of sp³-hybridized carbons (Fsp3) is 0.800. The van der Waals surface area contributed by atoms with Crippen LogP contribution in [0.5, 0.6) is 0 Å². The van der Waals surface area contributed by atoms with E-state index in [4.69, 9.17) is 4.74 Å². The van der Waals surface area contributed by atoms with Crippen LogP contribution in [-0.2, 0) is 9.53 Å². The molecule has 1 N–H and O–H groups in total. The maximum absolute atomic E-state index is 11.4. The van der Waals surface area contributed by atoms with Gasteiger partial charge in [-0.1, -0.05) is 33.3 Å². The molecule has 1 aliphatic rings. The van der Waals surface area contributed by atoms with Crippen molar-refractivity contribution in [2.24, 2.45) is 10.8 Å². The zero-order valence-electron chi connectivity index (χ0n) is 12.0. The second-order valence-corrected chi connectivity index (χ2v) is 6.34. The number of carbonyl (C=O) groups is 1. The van der Waals surface area contributed by atoms with Crippen LogP contribution >= 0.6 is 0 Å². The predicted molar refractivity (Wildman–Crippen MR) is 72.1 cm³/mol. The molecule has 0 aliphatic heterocycles. The molecular formula is C15H26O3. The molecule has 0 bridgehead atoms. The van der Waals surface area contributed by atoms with E-state index in [1.807, 2.05) is 13.0 Å². The topological polar surface area (TPSA) is 46.5 Å². The molecule has 0 spiro atoms. The highest BCUT2D eigenvalue weighted by Crippen LogP contribution is 2.45. The third-order valence-electron chi connectivity index (χ3n) is 3.84. The maximum Gasteiger partial charge on any atom is 0.330 e. The number of rotatable bonds is 3. The molecule has 1 fully saturated rings. The van der Waals surface area contributed by atoms with Crippen molar-refractivity contribution in [3.63, 3.8) is 0 Å². The Kier molecular flexibility index (Phi) is 4.97. The van der Waals surface area contributed by atoms with Crippen LogP contribution in [0.4, 0.5) is 0 Å². The molecule has 1 aliphatic carbocycles. The average molecular weight is 254 g/mol. The number of aliphatic hydroxyl groups is 1. The molecule has 3 nitrogen and oxygen atoms in total. The standard InChI is InChI=1S/C15H26O3/c1-5-18-13(17)8-10-15(4)11-14(2,3)9-6-7-12(15)16/h8,10,12,16H,5-7,9,11H2,1-4H3/b10-8-. The SMILES string of the molecule is CCOC(=O)/C=C\C1(C)CC(C)(C)CCCC1O. The van der Waals surface area contributed by atoms with Gasteiger partial charge in [0.05, 0.1) is 12.7 Å². The summed E-state index contributed by atoms with van der Waals surface area (Å²) in [6.45, 7) is 8.65. The van der Waals surface area contributed by atoms with Gasteiger partial charge in [0.1, 0.15) is 0 Å². The molecular weight excluding hydrogens is 228 g/mol. The molecule has 1 saturated carbocycles. The van der Waals surface area contributed by atoms with Gasteiger partial charge in [-0.2, -0.15) is 0 Å². The molecule has 1 rings (SSSR count). The van der Waals surface area contributed by atoms with Gasteiger partial charge in [-0.25, -0.2) is 4.79 Å². The zero-order valence-corrected chi connectivity index (χ0v) is 12.0. The minimum Gasteiger partial charge on any atom is -0.463 e. The second-order valence-electron chi connectivity index (χ2n) is 6.34. The van der Waals surface area contributed by atoms with Crippen LogP contribution in [0.1, 0.15) is 53.4 Å². The van der Waals surface area contributed by atoms with Gasteiger partial charge in [0.2, 0.25) is 0 Å². The molecule has 0 heterocycles. The van der Waals surface area contributed by atoms with E-state index in [9.17, 15) is 9.90 Å². The Morgan fingerprint density at radius 1 is 1.44 bits per heavy atom. The summed E-state index contributed by atoms with van der Waals surface area (Å²) in [6, 6.07) is 0. The number of ether oxygens (including phenoxy) is 1. The van der Waals surface area contributed by atoms with Gasteiger partial charge < -0.3 is 9.84 Å². The van der Waals surface area contributed by atoms with E-state index in [2.05, 4.69) is 13.8 Å². The Bertz CT molecular complexity index is 320. The van der Waals surface area contributed by atoms with E-state index in [0.717, 1.165) is 25.7 Å². The van der Waals surface area contributed by atoms with Gasteiger partial charge in [0.25, 0.3) is 0 Å². The lowest BCUT2D eigenvalue weighted by molar-refractivity contribution is -0.137. The van der Waals surface area contributed by atoms with E-state index in [-0.39, 0.29) is 22.9 Å². The Hall–Kier alpha value is -0.830. The van der Waals surface area contributed by atoms with Crippen LogP contribution in [0.25, 0.3) is 0 Å². The Morgan fingerprint density at radius 3 is 2.72 bits per heavy atom. The zero-order chi connectivity index (χ0) is 13.8. The summed E-state index contributed by atoms with van der Waals surface area (Å²) in [4.78, 5) is 11.4. The van der Waals surface area contributed by atoms with Crippen LogP contribution in [0, 0.1) is 10.8 Å². The molecule has 0 radical (unpaired) electrons. The third-order valence-corrected chi connectivity index (χ3v) is 3.84. The second kappa shape index (κ2) is 5.87. The summed E-state index contributed by atoms with van der Waals surface area (Å²) < 4.78 is 4.89. The third kappa shape index (κ3) is 4.13. The quantitative estimate of drug-likeness (QED) is 0.478. The van der Waals surface area contributed by atoms with Gasteiger partial charge in [0, 0.05) is 11.5 Å². The number of hydrogen-bond donors (Lipinski definition) is 1. The van der Waals surface area contributed by atoms with Gasteiger partial charge in [-0.15, -0.1) is 0 Å². The molecule has 0 aromatic rings. The number of hydrogen-bond acceptors (Lipinski definition) is 3. The molecule has 0 aromatic carbocycles. The summed E-state index contributed by atoms with van der Waals surface area (Å²) in [5.41, 5.74) is -0.141.